The lowest BCUT2D eigenvalue weighted by atomic mass is 10.1. The third-order valence-electron chi connectivity index (χ3n) is 4.34. The van der Waals surface area contributed by atoms with Gasteiger partial charge in [0.2, 0.25) is 0 Å². The number of anilines is 1. The van der Waals surface area contributed by atoms with E-state index in [0.717, 1.165) is 27.6 Å². The summed E-state index contributed by atoms with van der Waals surface area (Å²) in [6.45, 7) is 6.47. The van der Waals surface area contributed by atoms with Gasteiger partial charge in [-0.25, -0.2) is 9.97 Å². The van der Waals surface area contributed by atoms with Gasteiger partial charge in [0.1, 0.15) is 15.7 Å². The Balaban J connectivity index is 1.72. The Morgan fingerprint density at radius 2 is 1.93 bits per heavy atom. The van der Waals surface area contributed by atoms with E-state index in [0.29, 0.717) is 11.4 Å². The quantitative estimate of drug-likeness (QED) is 0.723. The minimum Gasteiger partial charge on any atom is -0.363 e. The van der Waals surface area contributed by atoms with Gasteiger partial charge < -0.3 is 10.2 Å². The van der Waals surface area contributed by atoms with Gasteiger partial charge in [-0.15, -0.1) is 11.3 Å². The van der Waals surface area contributed by atoms with Crippen LogP contribution in [-0.2, 0) is 6.54 Å². The van der Waals surface area contributed by atoms with E-state index in [1.165, 1.54) is 22.5 Å². The van der Waals surface area contributed by atoms with Crippen LogP contribution in [0.5, 0.6) is 0 Å². The molecule has 0 atom stereocenters. The lowest BCUT2D eigenvalue weighted by Gasteiger charge is -2.11. The number of aryl methyl sites for hydroxylation is 3. The second-order valence-corrected chi connectivity index (χ2v) is 7.85. The molecular formula is C21H24N4OS. The Morgan fingerprint density at radius 3 is 2.56 bits per heavy atom. The zero-order valence-electron chi connectivity index (χ0n) is 16.3. The molecule has 140 valence electrons. The van der Waals surface area contributed by atoms with E-state index >= 15 is 0 Å². The largest absolute Gasteiger partial charge is 0.363 e. The van der Waals surface area contributed by atoms with E-state index in [-0.39, 0.29) is 5.91 Å². The second kappa shape index (κ2) is 7.88. The van der Waals surface area contributed by atoms with Gasteiger partial charge in [-0.05, 0) is 38.0 Å². The number of pyridine rings is 1. The van der Waals surface area contributed by atoms with Gasteiger partial charge in [0.25, 0.3) is 5.91 Å². The number of hydrogen-bond donors (Lipinski definition) is 1. The van der Waals surface area contributed by atoms with Crippen LogP contribution in [0, 0.1) is 20.8 Å². The number of nitrogens with zero attached hydrogens (tertiary/aromatic N) is 3. The van der Waals surface area contributed by atoms with Crippen LogP contribution in [0.4, 0.5) is 5.82 Å². The van der Waals surface area contributed by atoms with Crippen LogP contribution in [-0.4, -0.2) is 30.0 Å². The molecule has 0 aliphatic heterocycles. The van der Waals surface area contributed by atoms with Crippen molar-refractivity contribution in [3.63, 3.8) is 0 Å². The average molecular weight is 381 g/mol. The Morgan fingerprint density at radius 1 is 1.15 bits per heavy atom. The third kappa shape index (κ3) is 4.34. The number of thiazole rings is 1. The van der Waals surface area contributed by atoms with Gasteiger partial charge in [-0.1, -0.05) is 29.8 Å². The normalized spacial score (nSPS) is 10.7. The van der Waals surface area contributed by atoms with Crippen molar-refractivity contribution < 1.29 is 4.79 Å². The summed E-state index contributed by atoms with van der Waals surface area (Å²) in [5.74, 6) is 0.791. The van der Waals surface area contributed by atoms with Crippen LogP contribution in [0.1, 0.15) is 32.1 Å². The van der Waals surface area contributed by atoms with Crippen LogP contribution >= 0.6 is 11.3 Å². The third-order valence-corrected chi connectivity index (χ3v) is 5.53. The highest BCUT2D eigenvalue weighted by atomic mass is 32.1. The number of benzene rings is 1. The zero-order chi connectivity index (χ0) is 19.6. The molecule has 0 unspecified atom stereocenters. The fraction of sp³-hybridized carbons (Fsp3) is 0.286. The molecule has 1 aromatic carbocycles. The maximum atomic E-state index is 12.6. The minimum atomic E-state index is -0.0994. The van der Waals surface area contributed by atoms with Crippen LogP contribution in [0.25, 0.3) is 10.6 Å². The predicted molar refractivity (Wildman–Crippen MR) is 111 cm³/mol. The molecule has 3 rings (SSSR count). The zero-order valence-corrected chi connectivity index (χ0v) is 17.1. The molecule has 0 fully saturated rings. The Hall–Kier alpha value is -2.73. The summed E-state index contributed by atoms with van der Waals surface area (Å²) in [5.41, 5.74) is 5.19. The Labute approximate surface area is 164 Å². The number of carbonyl (C=O) groups is 1. The van der Waals surface area contributed by atoms with E-state index in [1.807, 2.05) is 38.1 Å². The standard InChI is InChI=1S/C21H24N4OS/c1-13-6-8-17(14(2)10-13)21-24-15(3)19(27-21)20(26)23-12-16-7-9-18(22-11-16)25(4)5/h6-11H,12H2,1-5H3,(H,23,26). The van der Waals surface area contributed by atoms with Crippen molar-refractivity contribution in [2.45, 2.75) is 27.3 Å². The highest BCUT2D eigenvalue weighted by Crippen LogP contribution is 2.30. The molecule has 27 heavy (non-hydrogen) atoms. The van der Waals surface area contributed by atoms with Gasteiger partial charge >= 0.3 is 0 Å². The first kappa shape index (κ1) is 19.0. The minimum absolute atomic E-state index is 0.0994. The molecule has 0 aliphatic rings. The first-order valence-corrected chi connectivity index (χ1v) is 9.62. The lowest BCUT2D eigenvalue weighted by Crippen LogP contribution is -2.22. The molecule has 0 spiro atoms. The molecule has 0 saturated heterocycles. The van der Waals surface area contributed by atoms with Gasteiger partial charge in [0.15, 0.2) is 0 Å². The van der Waals surface area contributed by atoms with E-state index in [4.69, 9.17) is 0 Å². The summed E-state index contributed by atoms with van der Waals surface area (Å²) >= 11 is 1.44. The van der Waals surface area contributed by atoms with E-state index in [1.54, 1.807) is 6.20 Å². The summed E-state index contributed by atoms with van der Waals surface area (Å²) in [5, 5.41) is 3.85. The summed E-state index contributed by atoms with van der Waals surface area (Å²) in [6.07, 6.45) is 1.79. The molecule has 0 saturated carbocycles. The van der Waals surface area contributed by atoms with Crippen molar-refractivity contribution in [1.29, 1.82) is 0 Å². The highest BCUT2D eigenvalue weighted by molar-refractivity contribution is 7.17. The monoisotopic (exact) mass is 380 g/mol. The fourth-order valence-corrected chi connectivity index (χ4v) is 3.90. The first-order chi connectivity index (χ1) is 12.8. The van der Waals surface area contributed by atoms with Crippen molar-refractivity contribution in [3.8, 4) is 10.6 Å². The molecule has 0 radical (unpaired) electrons. The van der Waals surface area contributed by atoms with Crippen LogP contribution < -0.4 is 10.2 Å². The first-order valence-electron chi connectivity index (χ1n) is 8.80. The summed E-state index contributed by atoms with van der Waals surface area (Å²) < 4.78 is 0. The van der Waals surface area contributed by atoms with Crippen molar-refractivity contribution in [3.05, 3.63) is 63.8 Å². The molecule has 2 heterocycles. The molecule has 6 heteroatoms. The Bertz CT molecular complexity index is 961. The molecule has 0 bridgehead atoms. The summed E-state index contributed by atoms with van der Waals surface area (Å²) in [7, 11) is 3.90. The summed E-state index contributed by atoms with van der Waals surface area (Å²) in [4.78, 5) is 24.2. The van der Waals surface area contributed by atoms with E-state index < -0.39 is 0 Å². The predicted octanol–water partition coefficient (Wildman–Crippen LogP) is 4.13. The van der Waals surface area contributed by atoms with Crippen molar-refractivity contribution in [2.75, 3.05) is 19.0 Å². The van der Waals surface area contributed by atoms with Crippen LogP contribution in [0.15, 0.2) is 36.5 Å². The maximum absolute atomic E-state index is 12.6. The van der Waals surface area contributed by atoms with Crippen LogP contribution in [0.3, 0.4) is 0 Å². The number of hydrogen-bond acceptors (Lipinski definition) is 5. The van der Waals surface area contributed by atoms with Gasteiger partial charge in [-0.2, -0.15) is 0 Å². The lowest BCUT2D eigenvalue weighted by molar-refractivity contribution is 0.0954. The number of rotatable bonds is 5. The molecule has 0 aliphatic carbocycles. The number of amides is 1. The number of aromatic nitrogens is 2. The molecule has 5 nitrogen and oxygen atoms in total. The molecule has 1 N–H and O–H groups in total. The number of carbonyl (C=O) groups excluding carboxylic acids is 1. The molecular weight excluding hydrogens is 356 g/mol. The fourth-order valence-electron chi connectivity index (χ4n) is 2.82. The summed E-state index contributed by atoms with van der Waals surface area (Å²) in [6, 6.07) is 10.2. The van der Waals surface area contributed by atoms with Gasteiger partial charge in [-0.3, -0.25) is 4.79 Å². The Kier molecular flexibility index (Phi) is 5.56. The van der Waals surface area contributed by atoms with Crippen LogP contribution in [0.2, 0.25) is 0 Å². The van der Waals surface area contributed by atoms with Crippen molar-refractivity contribution >= 4 is 23.1 Å². The number of nitrogens with one attached hydrogen (secondary N) is 1. The maximum Gasteiger partial charge on any atom is 0.263 e. The van der Waals surface area contributed by atoms with E-state index in [9.17, 15) is 4.79 Å². The smallest absolute Gasteiger partial charge is 0.263 e. The van der Waals surface area contributed by atoms with Crippen molar-refractivity contribution in [2.24, 2.45) is 0 Å². The van der Waals surface area contributed by atoms with E-state index in [2.05, 4.69) is 47.3 Å². The molecule has 1 amide bonds. The second-order valence-electron chi connectivity index (χ2n) is 6.85. The average Bonchev–Trinajstić information content (AvgIpc) is 3.01. The highest BCUT2D eigenvalue weighted by Gasteiger charge is 2.17. The SMILES string of the molecule is Cc1ccc(-c2nc(C)c(C(=O)NCc3ccc(N(C)C)nc3)s2)c(C)c1. The molecule has 2 aromatic heterocycles. The topological polar surface area (TPSA) is 58.1 Å². The van der Waals surface area contributed by atoms with Gasteiger partial charge in [0.05, 0.1) is 5.69 Å². The van der Waals surface area contributed by atoms with Crippen molar-refractivity contribution in [1.82, 2.24) is 15.3 Å². The van der Waals surface area contributed by atoms with Gasteiger partial charge in [0, 0.05) is 32.4 Å². The molecule has 3 aromatic rings.